The number of carbonyl (C=O) groups is 1. The molecule has 0 bridgehead atoms. The SMILES string of the molecule is CC(Sc1ccccn1)C(=O)NCc1ncc(-c2ccccc2)o1. The zero-order valence-corrected chi connectivity index (χ0v) is 14.0. The molecule has 1 atom stereocenters. The average Bonchev–Trinajstić information content (AvgIpc) is 3.10. The molecule has 2 heterocycles. The van der Waals surface area contributed by atoms with Crippen LogP contribution in [0.4, 0.5) is 0 Å². The van der Waals surface area contributed by atoms with E-state index in [1.807, 2.05) is 55.5 Å². The van der Waals surface area contributed by atoms with Crippen molar-refractivity contribution in [1.82, 2.24) is 15.3 Å². The quantitative estimate of drug-likeness (QED) is 0.696. The Labute approximate surface area is 144 Å². The Balaban J connectivity index is 1.54. The third-order valence-corrected chi connectivity index (χ3v) is 4.38. The van der Waals surface area contributed by atoms with Crippen molar-refractivity contribution >= 4 is 17.7 Å². The zero-order chi connectivity index (χ0) is 16.8. The summed E-state index contributed by atoms with van der Waals surface area (Å²) in [6.45, 7) is 2.11. The van der Waals surface area contributed by atoms with Crippen LogP contribution in [-0.4, -0.2) is 21.1 Å². The van der Waals surface area contributed by atoms with E-state index in [2.05, 4.69) is 15.3 Å². The summed E-state index contributed by atoms with van der Waals surface area (Å²) in [5.41, 5.74) is 0.960. The maximum Gasteiger partial charge on any atom is 0.233 e. The Morgan fingerprint density at radius 2 is 1.96 bits per heavy atom. The highest BCUT2D eigenvalue weighted by molar-refractivity contribution is 8.00. The number of thioether (sulfide) groups is 1. The Kier molecular flexibility index (Phi) is 5.28. The number of amides is 1. The van der Waals surface area contributed by atoms with Crippen LogP contribution in [0.5, 0.6) is 0 Å². The van der Waals surface area contributed by atoms with E-state index in [4.69, 9.17) is 4.42 Å². The molecule has 6 heteroatoms. The minimum Gasteiger partial charge on any atom is -0.439 e. The molecule has 0 saturated heterocycles. The van der Waals surface area contributed by atoms with Gasteiger partial charge < -0.3 is 9.73 Å². The number of aromatic nitrogens is 2. The normalized spacial score (nSPS) is 11.9. The molecule has 0 radical (unpaired) electrons. The van der Waals surface area contributed by atoms with Crippen LogP contribution >= 0.6 is 11.8 Å². The van der Waals surface area contributed by atoms with Crippen LogP contribution in [0.25, 0.3) is 11.3 Å². The van der Waals surface area contributed by atoms with Gasteiger partial charge in [-0.25, -0.2) is 9.97 Å². The van der Waals surface area contributed by atoms with Gasteiger partial charge in [0.05, 0.1) is 23.0 Å². The molecule has 1 aromatic carbocycles. The number of pyridine rings is 1. The lowest BCUT2D eigenvalue weighted by atomic mass is 10.2. The van der Waals surface area contributed by atoms with Crippen molar-refractivity contribution in [2.45, 2.75) is 23.7 Å². The minimum absolute atomic E-state index is 0.0786. The molecule has 5 nitrogen and oxygen atoms in total. The van der Waals surface area contributed by atoms with E-state index in [1.165, 1.54) is 11.8 Å². The average molecular weight is 339 g/mol. The summed E-state index contributed by atoms with van der Waals surface area (Å²) in [4.78, 5) is 20.6. The fourth-order valence-electron chi connectivity index (χ4n) is 2.09. The lowest BCUT2D eigenvalue weighted by Gasteiger charge is -2.10. The monoisotopic (exact) mass is 339 g/mol. The van der Waals surface area contributed by atoms with Crippen LogP contribution in [0.1, 0.15) is 12.8 Å². The van der Waals surface area contributed by atoms with Crippen molar-refractivity contribution < 1.29 is 9.21 Å². The maximum atomic E-state index is 12.2. The van der Waals surface area contributed by atoms with Crippen molar-refractivity contribution in [3.8, 4) is 11.3 Å². The van der Waals surface area contributed by atoms with Crippen molar-refractivity contribution in [3.05, 3.63) is 66.8 Å². The van der Waals surface area contributed by atoms with E-state index in [9.17, 15) is 4.79 Å². The third kappa shape index (κ3) is 4.23. The first kappa shape index (κ1) is 16.3. The summed E-state index contributed by atoms with van der Waals surface area (Å²) in [6, 6.07) is 15.4. The molecular weight excluding hydrogens is 322 g/mol. The molecule has 0 aliphatic rings. The van der Waals surface area contributed by atoms with Crippen LogP contribution in [0.2, 0.25) is 0 Å². The summed E-state index contributed by atoms with van der Waals surface area (Å²) in [6.07, 6.45) is 3.38. The number of benzene rings is 1. The van der Waals surface area contributed by atoms with Gasteiger partial charge in [-0.15, -0.1) is 0 Å². The molecule has 0 saturated carbocycles. The first-order chi connectivity index (χ1) is 11.7. The molecule has 1 unspecified atom stereocenters. The lowest BCUT2D eigenvalue weighted by Crippen LogP contribution is -2.30. The Morgan fingerprint density at radius 1 is 1.17 bits per heavy atom. The molecule has 0 fully saturated rings. The van der Waals surface area contributed by atoms with Crippen molar-refractivity contribution in [2.75, 3.05) is 0 Å². The van der Waals surface area contributed by atoms with Crippen LogP contribution < -0.4 is 5.32 Å². The number of carbonyl (C=O) groups excluding carboxylic acids is 1. The fraction of sp³-hybridized carbons (Fsp3) is 0.167. The molecule has 2 aromatic heterocycles. The summed E-state index contributed by atoms with van der Waals surface area (Å²) in [5.74, 6) is 1.10. The summed E-state index contributed by atoms with van der Waals surface area (Å²) in [7, 11) is 0. The van der Waals surface area contributed by atoms with Gasteiger partial charge in [0.1, 0.15) is 0 Å². The molecule has 24 heavy (non-hydrogen) atoms. The Morgan fingerprint density at radius 3 is 2.71 bits per heavy atom. The lowest BCUT2D eigenvalue weighted by molar-refractivity contribution is -0.120. The first-order valence-corrected chi connectivity index (χ1v) is 8.46. The zero-order valence-electron chi connectivity index (χ0n) is 13.2. The molecule has 3 rings (SSSR count). The molecule has 0 spiro atoms. The van der Waals surface area contributed by atoms with Gasteiger partial charge in [0.25, 0.3) is 0 Å². The van der Waals surface area contributed by atoms with E-state index in [0.717, 1.165) is 10.6 Å². The second-order valence-corrected chi connectivity index (χ2v) is 6.49. The predicted molar refractivity (Wildman–Crippen MR) is 93.3 cm³/mol. The fourth-order valence-corrected chi connectivity index (χ4v) is 2.92. The smallest absolute Gasteiger partial charge is 0.233 e. The van der Waals surface area contributed by atoms with Crippen molar-refractivity contribution in [3.63, 3.8) is 0 Å². The van der Waals surface area contributed by atoms with E-state index < -0.39 is 0 Å². The number of nitrogens with one attached hydrogen (secondary N) is 1. The van der Waals surface area contributed by atoms with Gasteiger partial charge in [-0.2, -0.15) is 0 Å². The van der Waals surface area contributed by atoms with Gasteiger partial charge in [-0.3, -0.25) is 4.79 Å². The van der Waals surface area contributed by atoms with E-state index >= 15 is 0 Å². The van der Waals surface area contributed by atoms with Crippen LogP contribution in [-0.2, 0) is 11.3 Å². The van der Waals surface area contributed by atoms with Gasteiger partial charge >= 0.3 is 0 Å². The van der Waals surface area contributed by atoms with Crippen molar-refractivity contribution in [2.24, 2.45) is 0 Å². The second kappa shape index (κ2) is 7.79. The van der Waals surface area contributed by atoms with Gasteiger partial charge in [-0.1, -0.05) is 48.2 Å². The molecular formula is C18H17N3O2S. The highest BCUT2D eigenvalue weighted by atomic mass is 32.2. The largest absolute Gasteiger partial charge is 0.439 e. The predicted octanol–water partition coefficient (Wildman–Crippen LogP) is 3.53. The van der Waals surface area contributed by atoms with Gasteiger partial charge in [0.15, 0.2) is 5.76 Å². The number of hydrogen-bond donors (Lipinski definition) is 1. The van der Waals surface area contributed by atoms with Crippen molar-refractivity contribution in [1.29, 1.82) is 0 Å². The van der Waals surface area contributed by atoms with E-state index in [-0.39, 0.29) is 17.7 Å². The maximum absolute atomic E-state index is 12.2. The Hall–Kier alpha value is -2.60. The number of hydrogen-bond acceptors (Lipinski definition) is 5. The molecule has 0 aliphatic heterocycles. The van der Waals surface area contributed by atoms with Gasteiger partial charge in [-0.05, 0) is 19.1 Å². The van der Waals surface area contributed by atoms with Crippen LogP contribution in [0.15, 0.2) is 70.4 Å². The number of oxazole rings is 1. The highest BCUT2D eigenvalue weighted by Crippen LogP contribution is 2.21. The highest BCUT2D eigenvalue weighted by Gasteiger charge is 2.15. The van der Waals surface area contributed by atoms with E-state index in [1.54, 1.807) is 12.4 Å². The molecule has 1 amide bonds. The number of rotatable bonds is 6. The van der Waals surface area contributed by atoms with Gasteiger partial charge in [0, 0.05) is 11.8 Å². The Bertz CT molecular complexity index is 790. The standard InChI is InChI=1S/C18H17N3O2S/c1-13(24-17-9-5-6-10-19-17)18(22)21-12-16-20-11-15(23-16)14-7-3-2-4-8-14/h2-11,13H,12H2,1H3,(H,21,22). The summed E-state index contributed by atoms with van der Waals surface area (Å²) < 4.78 is 5.67. The molecule has 3 aromatic rings. The molecule has 1 N–H and O–H groups in total. The summed E-state index contributed by atoms with van der Waals surface area (Å²) >= 11 is 1.41. The second-order valence-electron chi connectivity index (χ2n) is 5.13. The summed E-state index contributed by atoms with van der Waals surface area (Å²) in [5, 5.41) is 3.42. The topological polar surface area (TPSA) is 68.0 Å². The van der Waals surface area contributed by atoms with Gasteiger partial charge in [0.2, 0.25) is 11.8 Å². The molecule has 122 valence electrons. The minimum atomic E-state index is -0.247. The number of nitrogens with zero attached hydrogens (tertiary/aromatic N) is 2. The van der Waals surface area contributed by atoms with E-state index in [0.29, 0.717) is 11.7 Å². The third-order valence-electron chi connectivity index (χ3n) is 3.33. The van der Waals surface area contributed by atoms with Crippen LogP contribution in [0.3, 0.4) is 0 Å². The first-order valence-electron chi connectivity index (χ1n) is 7.58. The molecule has 0 aliphatic carbocycles. The van der Waals surface area contributed by atoms with Crippen LogP contribution in [0, 0.1) is 0 Å².